The van der Waals surface area contributed by atoms with Crippen LogP contribution in [0.25, 0.3) is 0 Å². The third kappa shape index (κ3) is 8.71. The smallest absolute Gasteiger partial charge is 0.410 e. The molecule has 0 aliphatic rings. The molecule has 130 valence electrons. The molecule has 0 radical (unpaired) electrons. The van der Waals surface area contributed by atoms with Gasteiger partial charge in [-0.25, -0.2) is 4.79 Å². The van der Waals surface area contributed by atoms with E-state index in [1.807, 2.05) is 58.8 Å². The van der Waals surface area contributed by atoms with Gasteiger partial charge in [0, 0.05) is 48.4 Å². The number of aliphatic imine (C=N–C) groups is 1. The molecule has 7 nitrogen and oxygen atoms in total. The van der Waals surface area contributed by atoms with Gasteiger partial charge in [0.15, 0.2) is 5.96 Å². The van der Waals surface area contributed by atoms with Gasteiger partial charge in [0.05, 0.1) is 13.2 Å². The maximum absolute atomic E-state index is 12.2. The minimum Gasteiger partial charge on any atom is -0.444 e. The van der Waals surface area contributed by atoms with E-state index in [0.29, 0.717) is 26.2 Å². The predicted molar refractivity (Wildman–Crippen MR) is 89.4 cm³/mol. The van der Waals surface area contributed by atoms with Crippen LogP contribution in [-0.2, 0) is 9.47 Å². The number of carbonyl (C=O) groups excluding carboxylic acids is 1. The van der Waals surface area contributed by atoms with Crippen molar-refractivity contribution in [3.63, 3.8) is 0 Å². The Morgan fingerprint density at radius 2 is 1.59 bits per heavy atom. The van der Waals surface area contributed by atoms with Crippen LogP contribution >= 0.6 is 0 Å². The van der Waals surface area contributed by atoms with Gasteiger partial charge in [-0.1, -0.05) is 0 Å². The number of amides is 1. The third-order valence-electron chi connectivity index (χ3n) is 2.64. The largest absolute Gasteiger partial charge is 0.444 e. The standard InChI is InChI=1S/C15H32N4O3/c1-15(2,3)22-14(20)19(11-12-21-8)10-9-16-13(17(4)5)18(6)7/h9-12H2,1-8H3. The fourth-order valence-corrected chi connectivity index (χ4v) is 1.78. The molecule has 0 bridgehead atoms. The predicted octanol–water partition coefficient (Wildman–Crippen LogP) is 1.35. The molecule has 22 heavy (non-hydrogen) atoms. The molecule has 0 rings (SSSR count). The fraction of sp³-hybridized carbons (Fsp3) is 0.867. The lowest BCUT2D eigenvalue weighted by atomic mass is 10.2. The zero-order chi connectivity index (χ0) is 17.3. The van der Waals surface area contributed by atoms with Crippen LogP contribution in [0.2, 0.25) is 0 Å². The molecule has 0 unspecified atom stereocenters. The number of rotatable bonds is 6. The number of nitrogens with zero attached hydrogens (tertiary/aromatic N) is 4. The van der Waals surface area contributed by atoms with Gasteiger partial charge in [-0.05, 0) is 20.8 Å². The molecule has 0 aromatic heterocycles. The van der Waals surface area contributed by atoms with Crippen molar-refractivity contribution >= 4 is 12.1 Å². The number of guanidine groups is 1. The second-order valence-electron chi connectivity index (χ2n) is 6.43. The topological polar surface area (TPSA) is 57.6 Å². The zero-order valence-electron chi connectivity index (χ0n) is 15.3. The van der Waals surface area contributed by atoms with E-state index in [-0.39, 0.29) is 6.09 Å². The first kappa shape index (κ1) is 20.5. The van der Waals surface area contributed by atoms with Gasteiger partial charge in [-0.15, -0.1) is 0 Å². The summed E-state index contributed by atoms with van der Waals surface area (Å²) in [6.07, 6.45) is -0.337. The van der Waals surface area contributed by atoms with Gasteiger partial charge in [-0.2, -0.15) is 0 Å². The van der Waals surface area contributed by atoms with E-state index in [4.69, 9.17) is 9.47 Å². The Kier molecular flexibility index (Phi) is 8.86. The Balaban J connectivity index is 4.72. The Hall–Kier alpha value is -1.50. The van der Waals surface area contributed by atoms with E-state index >= 15 is 0 Å². The maximum Gasteiger partial charge on any atom is 0.410 e. The molecule has 0 aromatic rings. The maximum atomic E-state index is 12.2. The molecule has 0 spiro atoms. The highest BCUT2D eigenvalue weighted by atomic mass is 16.6. The number of carbonyl (C=O) groups is 1. The average Bonchev–Trinajstić information content (AvgIpc) is 2.34. The molecule has 0 aliphatic heterocycles. The molecule has 0 aliphatic carbocycles. The Bertz CT molecular complexity index is 352. The second kappa shape index (κ2) is 9.50. The lowest BCUT2D eigenvalue weighted by molar-refractivity contribution is 0.0208. The Morgan fingerprint density at radius 3 is 2.00 bits per heavy atom. The van der Waals surface area contributed by atoms with Crippen molar-refractivity contribution in [3.8, 4) is 0 Å². The zero-order valence-corrected chi connectivity index (χ0v) is 15.3. The van der Waals surface area contributed by atoms with Crippen LogP contribution in [0.1, 0.15) is 20.8 Å². The first-order valence-corrected chi connectivity index (χ1v) is 7.44. The van der Waals surface area contributed by atoms with Crippen LogP contribution in [0.5, 0.6) is 0 Å². The molecule has 0 saturated heterocycles. The van der Waals surface area contributed by atoms with Crippen molar-refractivity contribution in [2.75, 3.05) is 61.5 Å². The van der Waals surface area contributed by atoms with E-state index in [9.17, 15) is 4.79 Å². The van der Waals surface area contributed by atoms with E-state index in [1.54, 1.807) is 12.0 Å². The van der Waals surface area contributed by atoms with Crippen LogP contribution in [0.4, 0.5) is 4.79 Å². The van der Waals surface area contributed by atoms with E-state index in [2.05, 4.69) is 4.99 Å². The molecule has 0 N–H and O–H groups in total. The summed E-state index contributed by atoms with van der Waals surface area (Å²) in [7, 11) is 9.37. The van der Waals surface area contributed by atoms with Gasteiger partial charge in [0.2, 0.25) is 0 Å². The summed E-state index contributed by atoms with van der Waals surface area (Å²) >= 11 is 0. The van der Waals surface area contributed by atoms with Crippen LogP contribution < -0.4 is 0 Å². The van der Waals surface area contributed by atoms with E-state index in [0.717, 1.165) is 5.96 Å². The normalized spacial score (nSPS) is 10.9. The molecule has 0 saturated carbocycles. The summed E-state index contributed by atoms with van der Waals surface area (Å²) < 4.78 is 10.5. The van der Waals surface area contributed by atoms with Gasteiger partial charge < -0.3 is 24.2 Å². The van der Waals surface area contributed by atoms with Gasteiger partial charge >= 0.3 is 6.09 Å². The summed E-state index contributed by atoms with van der Waals surface area (Å²) in [5, 5.41) is 0. The summed E-state index contributed by atoms with van der Waals surface area (Å²) in [5.41, 5.74) is -0.510. The minimum absolute atomic E-state index is 0.337. The summed E-state index contributed by atoms with van der Waals surface area (Å²) in [5.74, 6) is 0.857. The number of ether oxygens (including phenoxy) is 2. The highest BCUT2D eigenvalue weighted by Gasteiger charge is 2.21. The molecular weight excluding hydrogens is 284 g/mol. The first-order chi connectivity index (χ1) is 10.1. The second-order valence-corrected chi connectivity index (χ2v) is 6.43. The van der Waals surface area contributed by atoms with Crippen molar-refractivity contribution in [3.05, 3.63) is 0 Å². The highest BCUT2D eigenvalue weighted by Crippen LogP contribution is 2.09. The highest BCUT2D eigenvalue weighted by molar-refractivity contribution is 5.79. The summed E-state index contributed by atoms with van der Waals surface area (Å²) in [6.45, 7) is 7.52. The van der Waals surface area contributed by atoms with Crippen molar-refractivity contribution in [1.29, 1.82) is 0 Å². The third-order valence-corrected chi connectivity index (χ3v) is 2.64. The van der Waals surface area contributed by atoms with Crippen molar-refractivity contribution in [1.82, 2.24) is 14.7 Å². The molecule has 0 aromatic carbocycles. The van der Waals surface area contributed by atoms with Crippen molar-refractivity contribution in [2.45, 2.75) is 26.4 Å². The summed E-state index contributed by atoms with van der Waals surface area (Å²) in [4.78, 5) is 22.2. The summed E-state index contributed by atoms with van der Waals surface area (Å²) in [6, 6.07) is 0. The number of methoxy groups -OCH3 is 1. The monoisotopic (exact) mass is 316 g/mol. The number of hydrogen-bond donors (Lipinski definition) is 0. The van der Waals surface area contributed by atoms with Gasteiger partial charge in [0.25, 0.3) is 0 Å². The molecule has 0 atom stereocenters. The molecular formula is C15H32N4O3. The van der Waals surface area contributed by atoms with E-state index in [1.165, 1.54) is 0 Å². The van der Waals surface area contributed by atoms with Crippen LogP contribution in [-0.4, -0.2) is 93.9 Å². The quantitative estimate of drug-likeness (QED) is 0.547. The Morgan fingerprint density at radius 1 is 1.05 bits per heavy atom. The first-order valence-electron chi connectivity index (χ1n) is 7.44. The molecule has 0 fully saturated rings. The van der Waals surface area contributed by atoms with Crippen molar-refractivity contribution in [2.24, 2.45) is 4.99 Å². The van der Waals surface area contributed by atoms with E-state index < -0.39 is 5.60 Å². The van der Waals surface area contributed by atoms with Gasteiger partial charge in [0.1, 0.15) is 5.60 Å². The number of hydrogen-bond acceptors (Lipinski definition) is 4. The molecule has 1 amide bonds. The SMILES string of the molecule is COCCN(CCN=C(N(C)C)N(C)C)C(=O)OC(C)(C)C. The fourth-order valence-electron chi connectivity index (χ4n) is 1.78. The molecule has 7 heteroatoms. The lowest BCUT2D eigenvalue weighted by Crippen LogP contribution is -2.41. The van der Waals surface area contributed by atoms with Crippen LogP contribution in [0.3, 0.4) is 0 Å². The van der Waals surface area contributed by atoms with Gasteiger partial charge in [-0.3, -0.25) is 4.99 Å². The van der Waals surface area contributed by atoms with Crippen LogP contribution in [0, 0.1) is 0 Å². The lowest BCUT2D eigenvalue weighted by Gasteiger charge is -2.27. The average molecular weight is 316 g/mol. The minimum atomic E-state index is -0.510. The van der Waals surface area contributed by atoms with Crippen LogP contribution in [0.15, 0.2) is 4.99 Å². The Labute approximate surface area is 134 Å². The molecule has 0 heterocycles. The van der Waals surface area contributed by atoms with Crippen molar-refractivity contribution < 1.29 is 14.3 Å².